The number of aliphatic hydroxyl groups excluding tert-OH is 1. The Hall–Kier alpha value is -1.47. The van der Waals surface area contributed by atoms with E-state index in [0.717, 1.165) is 0 Å². The summed E-state index contributed by atoms with van der Waals surface area (Å²) in [6, 6.07) is 11.2. The zero-order valence-electron chi connectivity index (χ0n) is 10.8. The minimum atomic E-state index is -3.82. The molecule has 0 heterocycles. The van der Waals surface area contributed by atoms with Gasteiger partial charge >= 0.3 is 0 Å². The van der Waals surface area contributed by atoms with Crippen molar-refractivity contribution in [2.75, 3.05) is 6.54 Å². The summed E-state index contributed by atoms with van der Waals surface area (Å²) >= 11 is 5.84. The molecule has 0 aromatic heterocycles. The molecular formula is C14H13ClFNO3S. The van der Waals surface area contributed by atoms with Crippen LogP contribution in [-0.2, 0) is 10.0 Å². The Morgan fingerprint density at radius 3 is 2.38 bits per heavy atom. The van der Waals surface area contributed by atoms with Gasteiger partial charge in [0.05, 0.1) is 11.1 Å². The van der Waals surface area contributed by atoms with Crippen LogP contribution in [-0.4, -0.2) is 20.1 Å². The number of hydrogen-bond donors (Lipinski definition) is 2. The molecule has 0 spiro atoms. The Balaban J connectivity index is 2.08. The second-order valence-electron chi connectivity index (χ2n) is 4.35. The van der Waals surface area contributed by atoms with E-state index in [-0.39, 0.29) is 16.5 Å². The molecule has 0 fully saturated rings. The zero-order chi connectivity index (χ0) is 15.5. The number of hydrogen-bond acceptors (Lipinski definition) is 3. The summed E-state index contributed by atoms with van der Waals surface area (Å²) in [5.74, 6) is -0.428. The lowest BCUT2D eigenvalue weighted by molar-refractivity contribution is 0.182. The Morgan fingerprint density at radius 1 is 1.14 bits per heavy atom. The van der Waals surface area contributed by atoms with E-state index in [0.29, 0.717) is 5.56 Å². The maximum atomic E-state index is 12.8. The van der Waals surface area contributed by atoms with Crippen LogP contribution in [0.15, 0.2) is 53.4 Å². The first-order chi connectivity index (χ1) is 9.90. The van der Waals surface area contributed by atoms with Gasteiger partial charge in [0, 0.05) is 6.54 Å². The van der Waals surface area contributed by atoms with Crippen LogP contribution in [0.4, 0.5) is 4.39 Å². The topological polar surface area (TPSA) is 66.4 Å². The minimum absolute atomic E-state index is 0.0574. The third-order valence-electron chi connectivity index (χ3n) is 2.85. The molecule has 2 rings (SSSR count). The molecule has 0 aliphatic rings. The molecule has 0 radical (unpaired) electrons. The Labute approximate surface area is 127 Å². The monoisotopic (exact) mass is 329 g/mol. The molecule has 0 saturated carbocycles. The van der Waals surface area contributed by atoms with Crippen LogP contribution in [0.25, 0.3) is 0 Å². The van der Waals surface area contributed by atoms with E-state index in [4.69, 9.17) is 11.6 Å². The Kier molecular flexibility index (Phi) is 4.95. The van der Waals surface area contributed by atoms with Gasteiger partial charge in [0.25, 0.3) is 0 Å². The van der Waals surface area contributed by atoms with E-state index in [1.165, 1.54) is 36.4 Å². The molecule has 4 nitrogen and oxygen atoms in total. The Bertz CT molecular complexity index is 719. The second kappa shape index (κ2) is 6.53. The molecule has 0 aliphatic carbocycles. The van der Waals surface area contributed by atoms with Crippen molar-refractivity contribution in [3.8, 4) is 0 Å². The fourth-order valence-corrected chi connectivity index (χ4v) is 3.29. The third kappa shape index (κ3) is 4.01. The molecule has 0 aliphatic heterocycles. The van der Waals surface area contributed by atoms with Crippen LogP contribution in [0.5, 0.6) is 0 Å². The van der Waals surface area contributed by atoms with Gasteiger partial charge in [0.15, 0.2) is 0 Å². The van der Waals surface area contributed by atoms with Crippen LogP contribution in [0.1, 0.15) is 11.7 Å². The zero-order valence-corrected chi connectivity index (χ0v) is 12.4. The standard InChI is InChI=1S/C14H13ClFNO3S/c15-12-3-1-2-4-14(12)21(19,20)17-9-13(18)10-5-7-11(16)8-6-10/h1-8,13,17-18H,9H2. The predicted octanol–water partition coefficient (Wildman–Crippen LogP) is 2.49. The molecule has 7 heteroatoms. The molecular weight excluding hydrogens is 317 g/mol. The fraction of sp³-hybridized carbons (Fsp3) is 0.143. The maximum Gasteiger partial charge on any atom is 0.242 e. The van der Waals surface area contributed by atoms with E-state index in [2.05, 4.69) is 4.72 Å². The van der Waals surface area contributed by atoms with E-state index < -0.39 is 21.9 Å². The number of aliphatic hydroxyl groups is 1. The summed E-state index contributed by atoms with van der Waals surface area (Å²) in [6.07, 6.45) is -1.08. The summed E-state index contributed by atoms with van der Waals surface area (Å²) in [6.45, 7) is -0.237. The molecule has 0 saturated heterocycles. The van der Waals surface area contributed by atoms with E-state index >= 15 is 0 Å². The van der Waals surface area contributed by atoms with Gasteiger partial charge in [-0.2, -0.15) is 0 Å². The second-order valence-corrected chi connectivity index (χ2v) is 6.49. The number of nitrogens with one attached hydrogen (secondary N) is 1. The highest BCUT2D eigenvalue weighted by Gasteiger charge is 2.19. The van der Waals surface area contributed by atoms with E-state index in [1.807, 2.05) is 0 Å². The summed E-state index contributed by atoms with van der Waals surface area (Å²) in [5.41, 5.74) is 0.415. The first kappa shape index (κ1) is 15.9. The maximum absolute atomic E-state index is 12.8. The van der Waals surface area contributed by atoms with Crippen molar-refractivity contribution < 1.29 is 17.9 Å². The van der Waals surface area contributed by atoms with Gasteiger partial charge in [-0.1, -0.05) is 35.9 Å². The minimum Gasteiger partial charge on any atom is -0.387 e. The van der Waals surface area contributed by atoms with Crippen molar-refractivity contribution in [2.45, 2.75) is 11.0 Å². The van der Waals surface area contributed by atoms with Crippen molar-refractivity contribution in [2.24, 2.45) is 0 Å². The van der Waals surface area contributed by atoms with Crippen LogP contribution in [0.3, 0.4) is 0 Å². The van der Waals surface area contributed by atoms with Gasteiger partial charge in [-0.15, -0.1) is 0 Å². The highest BCUT2D eigenvalue weighted by molar-refractivity contribution is 7.89. The van der Waals surface area contributed by atoms with Crippen molar-refractivity contribution in [3.05, 3.63) is 64.9 Å². The number of sulfonamides is 1. The average Bonchev–Trinajstić information content (AvgIpc) is 2.46. The molecule has 0 amide bonds. The number of benzene rings is 2. The van der Waals surface area contributed by atoms with Crippen molar-refractivity contribution in [3.63, 3.8) is 0 Å². The molecule has 2 aromatic rings. The van der Waals surface area contributed by atoms with E-state index in [9.17, 15) is 17.9 Å². The summed E-state index contributed by atoms with van der Waals surface area (Å²) < 4.78 is 39.2. The summed E-state index contributed by atoms with van der Waals surface area (Å²) in [7, 11) is -3.82. The lowest BCUT2D eigenvalue weighted by Gasteiger charge is -2.13. The van der Waals surface area contributed by atoms with Crippen LogP contribution >= 0.6 is 11.6 Å². The average molecular weight is 330 g/mol. The SMILES string of the molecule is O=S(=O)(NCC(O)c1ccc(F)cc1)c1ccccc1Cl. The fourth-order valence-electron chi connectivity index (χ4n) is 1.73. The van der Waals surface area contributed by atoms with Gasteiger partial charge in [-0.3, -0.25) is 0 Å². The molecule has 2 aromatic carbocycles. The van der Waals surface area contributed by atoms with Crippen molar-refractivity contribution >= 4 is 21.6 Å². The number of rotatable bonds is 5. The molecule has 1 atom stereocenters. The lowest BCUT2D eigenvalue weighted by atomic mass is 10.1. The molecule has 2 N–H and O–H groups in total. The highest BCUT2D eigenvalue weighted by Crippen LogP contribution is 2.21. The first-order valence-electron chi connectivity index (χ1n) is 6.08. The van der Waals surface area contributed by atoms with Gasteiger partial charge in [-0.25, -0.2) is 17.5 Å². The largest absolute Gasteiger partial charge is 0.387 e. The highest BCUT2D eigenvalue weighted by atomic mass is 35.5. The molecule has 0 bridgehead atoms. The number of halogens is 2. The van der Waals surface area contributed by atoms with Gasteiger partial charge in [0.1, 0.15) is 10.7 Å². The van der Waals surface area contributed by atoms with Gasteiger partial charge < -0.3 is 5.11 Å². The normalized spacial score (nSPS) is 13.1. The predicted molar refractivity (Wildman–Crippen MR) is 78.0 cm³/mol. The van der Waals surface area contributed by atoms with Gasteiger partial charge in [0.2, 0.25) is 10.0 Å². The van der Waals surface area contributed by atoms with Crippen LogP contribution < -0.4 is 4.72 Å². The summed E-state index contributed by atoms with van der Waals surface area (Å²) in [4.78, 5) is -0.0574. The van der Waals surface area contributed by atoms with Crippen LogP contribution in [0, 0.1) is 5.82 Å². The quantitative estimate of drug-likeness (QED) is 0.885. The van der Waals surface area contributed by atoms with Crippen molar-refractivity contribution in [1.82, 2.24) is 4.72 Å². The first-order valence-corrected chi connectivity index (χ1v) is 7.94. The summed E-state index contributed by atoms with van der Waals surface area (Å²) in [5, 5.41) is 10.0. The van der Waals surface area contributed by atoms with Crippen molar-refractivity contribution in [1.29, 1.82) is 0 Å². The molecule has 1 unspecified atom stereocenters. The smallest absolute Gasteiger partial charge is 0.242 e. The van der Waals surface area contributed by atoms with Gasteiger partial charge in [-0.05, 0) is 29.8 Å². The van der Waals surface area contributed by atoms with E-state index in [1.54, 1.807) is 12.1 Å². The third-order valence-corrected chi connectivity index (χ3v) is 4.77. The lowest BCUT2D eigenvalue weighted by Crippen LogP contribution is -2.28. The Morgan fingerprint density at radius 2 is 1.76 bits per heavy atom. The molecule has 112 valence electrons. The molecule has 21 heavy (non-hydrogen) atoms. The van der Waals surface area contributed by atoms with Crippen LogP contribution in [0.2, 0.25) is 5.02 Å².